The predicted octanol–water partition coefficient (Wildman–Crippen LogP) is 5.95. The summed E-state index contributed by atoms with van der Waals surface area (Å²) < 4.78 is 0. The van der Waals surface area contributed by atoms with Crippen molar-refractivity contribution in [2.75, 3.05) is 0 Å². The highest BCUT2D eigenvalue weighted by Gasteiger charge is 2.34. The second kappa shape index (κ2) is 5.63. The van der Waals surface area contributed by atoms with Gasteiger partial charge in [0.15, 0.2) is 0 Å². The van der Waals surface area contributed by atoms with Crippen molar-refractivity contribution in [3.8, 4) is 0 Å². The van der Waals surface area contributed by atoms with Crippen molar-refractivity contribution in [2.45, 2.75) is 60.3 Å². The fourth-order valence-corrected chi connectivity index (χ4v) is 4.63. The third-order valence-electron chi connectivity index (χ3n) is 6.02. The predicted molar refractivity (Wildman–Crippen MR) is 92.4 cm³/mol. The molecule has 0 spiro atoms. The summed E-state index contributed by atoms with van der Waals surface area (Å²) in [5.74, 6) is 3.42. The summed E-state index contributed by atoms with van der Waals surface area (Å²) in [6.07, 6.45) is 8.02. The van der Waals surface area contributed by atoms with Crippen molar-refractivity contribution >= 4 is 6.08 Å². The summed E-state index contributed by atoms with van der Waals surface area (Å²) in [4.78, 5) is 0. The Balaban J connectivity index is 1.92. The van der Waals surface area contributed by atoms with Crippen LogP contribution in [0.25, 0.3) is 6.08 Å². The van der Waals surface area contributed by atoms with E-state index in [0.29, 0.717) is 0 Å². The second-order valence-corrected chi connectivity index (χ2v) is 7.92. The first-order valence-corrected chi connectivity index (χ1v) is 8.77. The first-order valence-electron chi connectivity index (χ1n) is 8.77. The Morgan fingerprint density at radius 2 is 1.76 bits per heavy atom. The maximum absolute atomic E-state index is 2.55. The lowest BCUT2D eigenvalue weighted by Gasteiger charge is -2.38. The van der Waals surface area contributed by atoms with Gasteiger partial charge in [-0.2, -0.15) is 0 Å². The molecule has 1 aromatic rings. The van der Waals surface area contributed by atoms with Crippen LogP contribution in [0.15, 0.2) is 17.7 Å². The molecule has 0 nitrogen and oxygen atoms in total. The van der Waals surface area contributed by atoms with Crippen LogP contribution in [0.3, 0.4) is 0 Å². The Labute approximate surface area is 130 Å². The molecular formula is C21H30. The smallest absolute Gasteiger partial charge is 0.00522 e. The molecule has 1 saturated carbocycles. The molecule has 0 N–H and O–H groups in total. The van der Waals surface area contributed by atoms with E-state index in [1.165, 1.54) is 42.4 Å². The minimum atomic E-state index is 0.814. The van der Waals surface area contributed by atoms with Crippen molar-refractivity contribution in [3.63, 3.8) is 0 Å². The van der Waals surface area contributed by atoms with E-state index in [0.717, 1.165) is 23.7 Å². The fraction of sp³-hybridized carbons (Fsp3) is 0.619. The first-order chi connectivity index (χ1) is 9.97. The van der Waals surface area contributed by atoms with E-state index >= 15 is 0 Å². The molecule has 0 aliphatic heterocycles. The molecule has 2 aliphatic rings. The van der Waals surface area contributed by atoms with E-state index in [9.17, 15) is 0 Å². The minimum Gasteiger partial charge on any atom is -0.0625 e. The maximum atomic E-state index is 2.55. The molecule has 3 rings (SSSR count). The maximum Gasteiger partial charge on any atom is -0.00522 e. The van der Waals surface area contributed by atoms with Crippen molar-refractivity contribution in [3.05, 3.63) is 40.0 Å². The fourth-order valence-electron chi connectivity index (χ4n) is 4.63. The van der Waals surface area contributed by atoms with E-state index in [1.54, 1.807) is 11.1 Å². The number of hydrogen-bond acceptors (Lipinski definition) is 0. The zero-order valence-electron chi connectivity index (χ0n) is 14.4. The van der Waals surface area contributed by atoms with Gasteiger partial charge in [-0.25, -0.2) is 0 Å². The van der Waals surface area contributed by atoms with E-state index in [4.69, 9.17) is 0 Å². The molecule has 0 aromatic heterocycles. The highest BCUT2D eigenvalue weighted by atomic mass is 14.4. The Hall–Kier alpha value is -1.04. The Morgan fingerprint density at radius 3 is 2.43 bits per heavy atom. The SMILES string of the molecule is Cc1ccc(C)c2c1C=C([C@@H]1C[C@H](C)CC[C@H]1C(C)C)C2. The van der Waals surface area contributed by atoms with Crippen LogP contribution in [0.5, 0.6) is 0 Å². The van der Waals surface area contributed by atoms with Crippen LogP contribution < -0.4 is 0 Å². The van der Waals surface area contributed by atoms with Gasteiger partial charge in [-0.1, -0.05) is 51.0 Å². The lowest BCUT2D eigenvalue weighted by atomic mass is 9.67. The zero-order chi connectivity index (χ0) is 15.1. The number of fused-ring (bicyclic) bond motifs is 1. The number of benzene rings is 1. The van der Waals surface area contributed by atoms with Crippen molar-refractivity contribution in [1.29, 1.82) is 0 Å². The molecule has 0 unspecified atom stereocenters. The molecule has 21 heavy (non-hydrogen) atoms. The highest BCUT2D eigenvalue weighted by Crippen LogP contribution is 2.45. The highest BCUT2D eigenvalue weighted by molar-refractivity contribution is 5.68. The molecule has 1 aromatic carbocycles. The normalized spacial score (nSPS) is 28.7. The molecule has 0 heterocycles. The van der Waals surface area contributed by atoms with Crippen LogP contribution in [0.2, 0.25) is 0 Å². The Morgan fingerprint density at radius 1 is 1.05 bits per heavy atom. The summed E-state index contributed by atoms with van der Waals surface area (Å²) in [6.45, 7) is 11.8. The summed E-state index contributed by atoms with van der Waals surface area (Å²) >= 11 is 0. The third kappa shape index (κ3) is 2.70. The summed E-state index contributed by atoms with van der Waals surface area (Å²) in [5.41, 5.74) is 7.80. The van der Waals surface area contributed by atoms with E-state index in [-0.39, 0.29) is 0 Å². The van der Waals surface area contributed by atoms with Crippen LogP contribution in [0.4, 0.5) is 0 Å². The van der Waals surface area contributed by atoms with Gasteiger partial charge in [0.1, 0.15) is 0 Å². The van der Waals surface area contributed by atoms with Crippen LogP contribution in [-0.4, -0.2) is 0 Å². The van der Waals surface area contributed by atoms with Gasteiger partial charge in [0.2, 0.25) is 0 Å². The van der Waals surface area contributed by atoms with Gasteiger partial charge in [-0.05, 0) is 79.0 Å². The van der Waals surface area contributed by atoms with Crippen molar-refractivity contribution in [2.24, 2.45) is 23.7 Å². The summed E-state index contributed by atoms with van der Waals surface area (Å²) in [5, 5.41) is 0. The van der Waals surface area contributed by atoms with Gasteiger partial charge in [0, 0.05) is 0 Å². The average Bonchev–Trinajstić information content (AvgIpc) is 2.89. The number of allylic oxidation sites excluding steroid dienone is 1. The average molecular weight is 282 g/mol. The minimum absolute atomic E-state index is 0.814. The van der Waals surface area contributed by atoms with Crippen LogP contribution in [-0.2, 0) is 6.42 Å². The van der Waals surface area contributed by atoms with Crippen LogP contribution in [0, 0.1) is 37.5 Å². The molecule has 0 amide bonds. The standard InChI is InChI=1S/C21H30/c1-13(2)18-9-6-14(3)10-21(18)17-11-19-15(4)7-8-16(5)20(19)12-17/h7-8,11,13-14,18,21H,6,9-10,12H2,1-5H3/t14-,18+,21+/m1/s1. The quantitative estimate of drug-likeness (QED) is 0.628. The van der Waals surface area contributed by atoms with Gasteiger partial charge < -0.3 is 0 Å². The molecule has 0 radical (unpaired) electrons. The molecule has 0 saturated heterocycles. The summed E-state index contributed by atoms with van der Waals surface area (Å²) in [7, 11) is 0. The molecule has 0 bridgehead atoms. The lowest BCUT2D eigenvalue weighted by Crippen LogP contribution is -2.29. The first kappa shape index (κ1) is 14.9. The van der Waals surface area contributed by atoms with E-state index in [2.05, 4.69) is 52.8 Å². The van der Waals surface area contributed by atoms with Gasteiger partial charge in [-0.15, -0.1) is 0 Å². The summed E-state index contributed by atoms with van der Waals surface area (Å²) in [6, 6.07) is 4.59. The molecule has 2 aliphatic carbocycles. The number of rotatable bonds is 2. The van der Waals surface area contributed by atoms with Crippen molar-refractivity contribution < 1.29 is 0 Å². The van der Waals surface area contributed by atoms with Gasteiger partial charge in [0.25, 0.3) is 0 Å². The van der Waals surface area contributed by atoms with Gasteiger partial charge in [-0.3, -0.25) is 0 Å². The third-order valence-corrected chi connectivity index (χ3v) is 6.02. The Kier molecular flexibility index (Phi) is 3.99. The lowest BCUT2D eigenvalue weighted by molar-refractivity contribution is 0.169. The largest absolute Gasteiger partial charge is 0.0625 e. The number of aryl methyl sites for hydroxylation is 2. The molecule has 0 heteroatoms. The van der Waals surface area contributed by atoms with E-state index in [1.807, 2.05) is 0 Å². The van der Waals surface area contributed by atoms with Gasteiger partial charge in [0.05, 0.1) is 0 Å². The second-order valence-electron chi connectivity index (χ2n) is 7.92. The molecular weight excluding hydrogens is 252 g/mol. The monoisotopic (exact) mass is 282 g/mol. The van der Waals surface area contributed by atoms with Crippen LogP contribution in [0.1, 0.15) is 62.3 Å². The molecule has 1 fully saturated rings. The van der Waals surface area contributed by atoms with Gasteiger partial charge >= 0.3 is 0 Å². The number of hydrogen-bond donors (Lipinski definition) is 0. The van der Waals surface area contributed by atoms with Crippen molar-refractivity contribution in [1.82, 2.24) is 0 Å². The Bertz CT molecular complexity index is 562. The van der Waals surface area contributed by atoms with E-state index < -0.39 is 0 Å². The topological polar surface area (TPSA) is 0 Å². The zero-order valence-corrected chi connectivity index (χ0v) is 14.4. The van der Waals surface area contributed by atoms with Crippen LogP contribution >= 0.6 is 0 Å². The molecule has 3 atom stereocenters. The molecule has 114 valence electrons.